The van der Waals surface area contributed by atoms with Crippen LogP contribution < -0.4 is 5.32 Å². The molecule has 0 aromatic rings. The normalized spacial score (nSPS) is 14.7. The van der Waals surface area contributed by atoms with E-state index in [0.717, 1.165) is 6.54 Å². The maximum absolute atomic E-state index is 3.29. The van der Waals surface area contributed by atoms with Crippen molar-refractivity contribution in [3.8, 4) is 0 Å². The van der Waals surface area contributed by atoms with Gasteiger partial charge >= 0.3 is 0 Å². The van der Waals surface area contributed by atoms with Crippen molar-refractivity contribution in [2.75, 3.05) is 27.7 Å². The highest BCUT2D eigenvalue weighted by molar-refractivity contribution is 4.70. The van der Waals surface area contributed by atoms with Gasteiger partial charge in [-0.2, -0.15) is 0 Å². The molecule has 2 nitrogen and oxygen atoms in total. The van der Waals surface area contributed by atoms with Crippen molar-refractivity contribution in [3.63, 3.8) is 0 Å². The Balaban J connectivity index is 3.60. The Kier molecular flexibility index (Phi) is 4.65. The van der Waals surface area contributed by atoms with Crippen LogP contribution in [0.25, 0.3) is 0 Å². The lowest BCUT2D eigenvalue weighted by Gasteiger charge is -2.23. The first kappa shape index (κ1) is 9.92. The Bertz CT molecular complexity index is 79.3. The van der Waals surface area contributed by atoms with Crippen molar-refractivity contribution in [2.24, 2.45) is 5.92 Å². The van der Waals surface area contributed by atoms with E-state index in [1.807, 2.05) is 7.05 Å². The molecule has 0 aliphatic carbocycles. The van der Waals surface area contributed by atoms with Crippen molar-refractivity contribution in [1.29, 1.82) is 0 Å². The Hall–Kier alpha value is -0.0800. The Labute approximate surface area is 64.6 Å². The van der Waals surface area contributed by atoms with Crippen LogP contribution >= 0.6 is 0 Å². The fourth-order valence-corrected chi connectivity index (χ4v) is 1.03. The van der Waals surface area contributed by atoms with Gasteiger partial charge in [-0.1, -0.05) is 13.8 Å². The third-order valence-corrected chi connectivity index (χ3v) is 1.74. The first-order chi connectivity index (χ1) is 4.57. The molecule has 0 aliphatic heterocycles. The maximum atomic E-state index is 3.29. The monoisotopic (exact) mass is 144 g/mol. The molecule has 0 rings (SSSR count). The summed E-state index contributed by atoms with van der Waals surface area (Å²) in [4.78, 5) is 2.21. The zero-order valence-electron chi connectivity index (χ0n) is 7.81. The fraction of sp³-hybridized carbons (Fsp3) is 1.00. The summed E-state index contributed by atoms with van der Waals surface area (Å²) in [5.74, 6) is 0.715. The van der Waals surface area contributed by atoms with Gasteiger partial charge in [-0.05, 0) is 27.1 Å². The predicted molar refractivity (Wildman–Crippen MR) is 46.2 cm³/mol. The standard InChI is InChI=1S/C8H20N2/c1-7(2)8(9-3)6-10(4)5/h7-9H,6H2,1-5H3. The van der Waals surface area contributed by atoms with Crippen LogP contribution in [0.5, 0.6) is 0 Å². The molecule has 0 aromatic heterocycles. The molecule has 1 unspecified atom stereocenters. The maximum Gasteiger partial charge on any atom is 0.0214 e. The Morgan fingerprint density at radius 3 is 1.90 bits per heavy atom. The third kappa shape index (κ3) is 3.85. The molecule has 0 bridgehead atoms. The minimum Gasteiger partial charge on any atom is -0.315 e. The molecule has 1 N–H and O–H groups in total. The quantitative estimate of drug-likeness (QED) is 0.627. The summed E-state index contributed by atoms with van der Waals surface area (Å²) < 4.78 is 0. The van der Waals surface area contributed by atoms with Gasteiger partial charge in [0.2, 0.25) is 0 Å². The van der Waals surface area contributed by atoms with Gasteiger partial charge in [0.25, 0.3) is 0 Å². The topological polar surface area (TPSA) is 15.3 Å². The number of likely N-dealkylation sites (N-methyl/N-ethyl adjacent to an activating group) is 2. The summed E-state index contributed by atoms with van der Waals surface area (Å²) in [6.45, 7) is 5.60. The Morgan fingerprint density at radius 1 is 1.30 bits per heavy atom. The minimum absolute atomic E-state index is 0.620. The second-order valence-electron chi connectivity index (χ2n) is 3.40. The molecule has 10 heavy (non-hydrogen) atoms. The lowest BCUT2D eigenvalue weighted by Crippen LogP contribution is -2.39. The van der Waals surface area contributed by atoms with E-state index in [9.17, 15) is 0 Å². The molecule has 0 saturated heterocycles. The smallest absolute Gasteiger partial charge is 0.0214 e. The van der Waals surface area contributed by atoms with Crippen LogP contribution in [-0.4, -0.2) is 38.6 Å². The molecule has 0 spiro atoms. The average Bonchev–Trinajstić information content (AvgIpc) is 1.81. The van der Waals surface area contributed by atoms with E-state index >= 15 is 0 Å². The van der Waals surface area contributed by atoms with Crippen LogP contribution in [0, 0.1) is 5.92 Å². The highest BCUT2D eigenvalue weighted by atomic mass is 15.1. The molecular weight excluding hydrogens is 124 g/mol. The molecular formula is C8H20N2. The number of rotatable bonds is 4. The molecule has 0 fully saturated rings. The van der Waals surface area contributed by atoms with Crippen molar-refractivity contribution < 1.29 is 0 Å². The summed E-state index contributed by atoms with van der Waals surface area (Å²) in [6.07, 6.45) is 0. The first-order valence-corrected chi connectivity index (χ1v) is 3.90. The van der Waals surface area contributed by atoms with Gasteiger partial charge in [0.15, 0.2) is 0 Å². The molecule has 0 aromatic carbocycles. The third-order valence-electron chi connectivity index (χ3n) is 1.74. The largest absolute Gasteiger partial charge is 0.315 e. The van der Waals surface area contributed by atoms with Gasteiger partial charge in [-0.25, -0.2) is 0 Å². The second-order valence-corrected chi connectivity index (χ2v) is 3.40. The molecule has 0 saturated carbocycles. The molecule has 62 valence electrons. The van der Waals surface area contributed by atoms with Crippen LogP contribution in [0.2, 0.25) is 0 Å². The fourth-order valence-electron chi connectivity index (χ4n) is 1.03. The van der Waals surface area contributed by atoms with E-state index in [1.165, 1.54) is 0 Å². The van der Waals surface area contributed by atoms with Gasteiger partial charge in [0, 0.05) is 12.6 Å². The van der Waals surface area contributed by atoms with Crippen LogP contribution in [0.15, 0.2) is 0 Å². The second kappa shape index (κ2) is 4.69. The van der Waals surface area contributed by atoms with E-state index in [2.05, 4.69) is 38.2 Å². The van der Waals surface area contributed by atoms with Crippen LogP contribution in [-0.2, 0) is 0 Å². The highest BCUT2D eigenvalue weighted by Crippen LogP contribution is 2.00. The lowest BCUT2D eigenvalue weighted by molar-refractivity contribution is 0.301. The van der Waals surface area contributed by atoms with Crippen LogP contribution in [0.3, 0.4) is 0 Å². The first-order valence-electron chi connectivity index (χ1n) is 3.90. The summed E-state index contributed by atoms with van der Waals surface area (Å²) in [5, 5.41) is 3.29. The van der Waals surface area contributed by atoms with Crippen molar-refractivity contribution in [1.82, 2.24) is 10.2 Å². The number of nitrogens with zero attached hydrogens (tertiary/aromatic N) is 1. The van der Waals surface area contributed by atoms with Crippen molar-refractivity contribution in [2.45, 2.75) is 19.9 Å². The molecule has 0 heterocycles. The SMILES string of the molecule is CNC(CN(C)C)C(C)C. The number of hydrogen-bond donors (Lipinski definition) is 1. The summed E-state index contributed by atoms with van der Waals surface area (Å²) in [6, 6.07) is 0.620. The minimum atomic E-state index is 0.620. The zero-order chi connectivity index (χ0) is 8.15. The highest BCUT2D eigenvalue weighted by Gasteiger charge is 2.10. The van der Waals surface area contributed by atoms with Crippen molar-refractivity contribution >= 4 is 0 Å². The van der Waals surface area contributed by atoms with Gasteiger partial charge < -0.3 is 10.2 Å². The number of hydrogen-bond acceptors (Lipinski definition) is 2. The lowest BCUT2D eigenvalue weighted by atomic mass is 10.0. The summed E-state index contributed by atoms with van der Waals surface area (Å²) >= 11 is 0. The van der Waals surface area contributed by atoms with Crippen molar-refractivity contribution in [3.05, 3.63) is 0 Å². The Morgan fingerprint density at radius 2 is 1.80 bits per heavy atom. The van der Waals surface area contributed by atoms with E-state index < -0.39 is 0 Å². The molecule has 0 amide bonds. The predicted octanol–water partition coefficient (Wildman–Crippen LogP) is 0.792. The average molecular weight is 144 g/mol. The molecule has 0 aliphatic rings. The van der Waals surface area contributed by atoms with E-state index in [1.54, 1.807) is 0 Å². The summed E-state index contributed by atoms with van der Waals surface area (Å²) in [7, 11) is 6.23. The summed E-state index contributed by atoms with van der Waals surface area (Å²) in [5.41, 5.74) is 0. The van der Waals surface area contributed by atoms with Gasteiger partial charge in [-0.15, -0.1) is 0 Å². The number of nitrogens with one attached hydrogen (secondary N) is 1. The molecule has 2 heteroatoms. The van der Waals surface area contributed by atoms with Gasteiger partial charge in [0.05, 0.1) is 0 Å². The van der Waals surface area contributed by atoms with Gasteiger partial charge in [0.1, 0.15) is 0 Å². The zero-order valence-corrected chi connectivity index (χ0v) is 7.81. The molecule has 1 atom stereocenters. The van der Waals surface area contributed by atoms with Crippen LogP contribution in [0.4, 0.5) is 0 Å². The van der Waals surface area contributed by atoms with E-state index in [0.29, 0.717) is 12.0 Å². The van der Waals surface area contributed by atoms with Crippen LogP contribution in [0.1, 0.15) is 13.8 Å². The molecule has 0 radical (unpaired) electrons. The van der Waals surface area contributed by atoms with Gasteiger partial charge in [-0.3, -0.25) is 0 Å². The van der Waals surface area contributed by atoms with E-state index in [-0.39, 0.29) is 0 Å². The van der Waals surface area contributed by atoms with E-state index in [4.69, 9.17) is 0 Å².